The van der Waals surface area contributed by atoms with Crippen molar-refractivity contribution in [3.63, 3.8) is 0 Å². The number of pyridine rings is 1. The van der Waals surface area contributed by atoms with E-state index in [1.54, 1.807) is 6.20 Å². The number of benzene rings is 1. The van der Waals surface area contributed by atoms with E-state index in [1.165, 1.54) is 29.7 Å². The van der Waals surface area contributed by atoms with Crippen molar-refractivity contribution in [1.82, 2.24) is 10.3 Å². The van der Waals surface area contributed by atoms with Gasteiger partial charge in [-0.05, 0) is 48.3 Å². The molecular formula is C22H20N4OS. The lowest BCUT2D eigenvalue weighted by molar-refractivity contribution is 0.0956. The van der Waals surface area contributed by atoms with Crippen LogP contribution in [0.2, 0.25) is 0 Å². The molecule has 0 saturated heterocycles. The van der Waals surface area contributed by atoms with Crippen molar-refractivity contribution in [1.29, 1.82) is 5.26 Å². The number of carbonyl (C=O) groups is 1. The second-order valence-electron chi connectivity index (χ2n) is 7.79. The fourth-order valence-electron chi connectivity index (χ4n) is 3.77. The van der Waals surface area contributed by atoms with E-state index >= 15 is 0 Å². The smallest absolute Gasteiger partial charge is 0.263 e. The van der Waals surface area contributed by atoms with Gasteiger partial charge in [0.15, 0.2) is 0 Å². The van der Waals surface area contributed by atoms with Crippen molar-refractivity contribution >= 4 is 33.0 Å². The van der Waals surface area contributed by atoms with E-state index in [0.29, 0.717) is 23.0 Å². The molecule has 140 valence electrons. The SMILES string of the molecule is N#CC1(c2ccc(CNC(=O)c3sc4cncc(C5CC5)c4c3N)cc2)CC1. The van der Waals surface area contributed by atoms with Gasteiger partial charge in [-0.2, -0.15) is 5.26 Å². The molecule has 6 heteroatoms. The Labute approximate surface area is 167 Å². The minimum absolute atomic E-state index is 0.153. The fraction of sp³-hybridized carbons (Fsp3) is 0.318. The molecule has 1 aromatic carbocycles. The lowest BCUT2D eigenvalue weighted by Gasteiger charge is -2.09. The highest BCUT2D eigenvalue weighted by Crippen LogP contribution is 2.48. The number of nitrogen functional groups attached to an aromatic ring is 1. The van der Waals surface area contributed by atoms with Gasteiger partial charge >= 0.3 is 0 Å². The zero-order valence-electron chi connectivity index (χ0n) is 15.4. The van der Waals surface area contributed by atoms with Crippen molar-refractivity contribution in [3.8, 4) is 6.07 Å². The Bertz CT molecular complexity index is 1120. The van der Waals surface area contributed by atoms with Crippen LogP contribution in [0.1, 0.15) is 58.0 Å². The molecule has 2 aliphatic rings. The Hall–Kier alpha value is -2.91. The molecule has 2 saturated carbocycles. The maximum absolute atomic E-state index is 12.7. The molecular weight excluding hydrogens is 368 g/mol. The van der Waals surface area contributed by atoms with Crippen LogP contribution in [0.25, 0.3) is 10.1 Å². The van der Waals surface area contributed by atoms with E-state index < -0.39 is 0 Å². The molecule has 0 bridgehead atoms. The molecule has 1 amide bonds. The maximum Gasteiger partial charge on any atom is 0.263 e. The van der Waals surface area contributed by atoms with Crippen molar-refractivity contribution < 1.29 is 4.79 Å². The average molecular weight is 388 g/mol. The van der Waals surface area contributed by atoms with Crippen LogP contribution in [0.15, 0.2) is 36.7 Å². The number of nitriles is 1. The van der Waals surface area contributed by atoms with Crippen LogP contribution in [0.4, 0.5) is 5.69 Å². The molecule has 0 spiro atoms. The highest BCUT2D eigenvalue weighted by molar-refractivity contribution is 7.21. The van der Waals surface area contributed by atoms with Crippen molar-refractivity contribution in [2.45, 2.75) is 43.6 Å². The van der Waals surface area contributed by atoms with Gasteiger partial charge in [0, 0.05) is 24.3 Å². The van der Waals surface area contributed by atoms with E-state index in [2.05, 4.69) is 16.4 Å². The molecule has 2 aromatic heterocycles. The second kappa shape index (κ2) is 6.32. The van der Waals surface area contributed by atoms with Gasteiger partial charge in [-0.1, -0.05) is 24.3 Å². The summed E-state index contributed by atoms with van der Waals surface area (Å²) in [5, 5.41) is 13.3. The number of rotatable bonds is 5. The van der Waals surface area contributed by atoms with Crippen molar-refractivity contribution in [3.05, 3.63) is 58.2 Å². The summed E-state index contributed by atoms with van der Waals surface area (Å²) in [6.07, 6.45) is 7.88. The molecule has 2 aliphatic carbocycles. The molecule has 5 nitrogen and oxygen atoms in total. The molecule has 3 N–H and O–H groups in total. The molecule has 3 aromatic rings. The first-order valence-electron chi connectivity index (χ1n) is 9.56. The summed E-state index contributed by atoms with van der Waals surface area (Å²) in [6.45, 7) is 0.431. The number of aromatic nitrogens is 1. The summed E-state index contributed by atoms with van der Waals surface area (Å²) in [5.74, 6) is 0.380. The number of nitrogens with zero attached hydrogens (tertiary/aromatic N) is 2. The Kier molecular flexibility index (Phi) is 3.88. The summed E-state index contributed by atoms with van der Waals surface area (Å²) >= 11 is 1.41. The number of fused-ring (bicyclic) bond motifs is 1. The average Bonchev–Trinajstić information content (AvgIpc) is 3.64. The zero-order chi connectivity index (χ0) is 19.3. The van der Waals surface area contributed by atoms with Crippen molar-refractivity contribution in [2.75, 3.05) is 5.73 Å². The molecule has 2 heterocycles. The molecule has 28 heavy (non-hydrogen) atoms. The lowest BCUT2D eigenvalue weighted by atomic mass is 9.97. The molecule has 0 unspecified atom stereocenters. The number of carbonyl (C=O) groups excluding carboxylic acids is 1. The molecule has 0 atom stereocenters. The first-order chi connectivity index (χ1) is 13.6. The van der Waals surface area contributed by atoms with Gasteiger partial charge in [0.25, 0.3) is 5.91 Å². The Morgan fingerprint density at radius 1 is 1.29 bits per heavy atom. The minimum atomic E-state index is -0.277. The molecule has 5 rings (SSSR count). The van der Waals surface area contributed by atoms with Gasteiger partial charge in [-0.15, -0.1) is 11.3 Å². The predicted octanol–water partition coefficient (Wildman–Crippen LogP) is 4.24. The van der Waals surface area contributed by atoms with Crippen LogP contribution in [-0.2, 0) is 12.0 Å². The van der Waals surface area contributed by atoms with Gasteiger partial charge in [0.05, 0.1) is 21.9 Å². The number of hydrogen-bond acceptors (Lipinski definition) is 5. The number of anilines is 1. The number of hydrogen-bond donors (Lipinski definition) is 2. The highest BCUT2D eigenvalue weighted by Gasteiger charge is 2.44. The summed E-state index contributed by atoms with van der Waals surface area (Å²) in [6, 6.07) is 10.4. The van der Waals surface area contributed by atoms with E-state index in [0.717, 1.165) is 34.1 Å². The maximum atomic E-state index is 12.7. The molecule has 2 fully saturated rings. The summed E-state index contributed by atoms with van der Waals surface area (Å²) in [5.41, 5.74) is 9.90. The largest absolute Gasteiger partial charge is 0.397 e. The quantitative estimate of drug-likeness (QED) is 0.684. The molecule has 0 radical (unpaired) electrons. The van der Waals surface area contributed by atoms with E-state index in [9.17, 15) is 10.1 Å². The van der Waals surface area contributed by atoms with Crippen LogP contribution in [0.3, 0.4) is 0 Å². The number of amides is 1. The summed E-state index contributed by atoms with van der Waals surface area (Å²) in [4.78, 5) is 17.6. The highest BCUT2D eigenvalue weighted by atomic mass is 32.1. The topological polar surface area (TPSA) is 91.8 Å². The van der Waals surface area contributed by atoms with Crippen LogP contribution in [0.5, 0.6) is 0 Å². The van der Waals surface area contributed by atoms with Gasteiger partial charge in [0.2, 0.25) is 0 Å². The fourth-order valence-corrected chi connectivity index (χ4v) is 4.81. The monoisotopic (exact) mass is 388 g/mol. The van der Waals surface area contributed by atoms with E-state index in [1.807, 2.05) is 30.5 Å². The van der Waals surface area contributed by atoms with Gasteiger partial charge in [-0.25, -0.2) is 0 Å². The Balaban J connectivity index is 1.33. The predicted molar refractivity (Wildman–Crippen MR) is 110 cm³/mol. The zero-order valence-corrected chi connectivity index (χ0v) is 16.2. The van der Waals surface area contributed by atoms with Crippen molar-refractivity contribution in [2.24, 2.45) is 0 Å². The van der Waals surface area contributed by atoms with Gasteiger partial charge in [0.1, 0.15) is 4.88 Å². The first-order valence-corrected chi connectivity index (χ1v) is 10.4. The van der Waals surface area contributed by atoms with E-state index in [-0.39, 0.29) is 11.3 Å². The second-order valence-corrected chi connectivity index (χ2v) is 8.85. The van der Waals surface area contributed by atoms with Gasteiger partial charge in [-0.3, -0.25) is 9.78 Å². The van der Waals surface area contributed by atoms with E-state index in [4.69, 9.17) is 5.73 Å². The minimum Gasteiger partial charge on any atom is -0.397 e. The van der Waals surface area contributed by atoms with Crippen LogP contribution in [-0.4, -0.2) is 10.9 Å². The standard InChI is InChI=1S/C22H20N4OS/c23-12-22(7-8-22)15-5-1-13(2-6-15)9-26-21(27)20-19(24)18-16(14-3-4-14)10-25-11-17(18)28-20/h1-2,5-6,10-11,14H,3-4,7-9,24H2,(H,26,27). The molecule has 0 aliphatic heterocycles. The van der Waals surface area contributed by atoms with Crippen LogP contribution >= 0.6 is 11.3 Å². The van der Waals surface area contributed by atoms with Gasteiger partial charge < -0.3 is 11.1 Å². The third-order valence-electron chi connectivity index (χ3n) is 5.81. The van der Waals surface area contributed by atoms with Crippen LogP contribution < -0.4 is 11.1 Å². The Morgan fingerprint density at radius 2 is 2.04 bits per heavy atom. The lowest BCUT2D eigenvalue weighted by Crippen LogP contribution is -2.22. The number of nitrogens with two attached hydrogens (primary N) is 1. The summed E-state index contributed by atoms with van der Waals surface area (Å²) in [7, 11) is 0. The summed E-state index contributed by atoms with van der Waals surface area (Å²) < 4.78 is 0.975. The first kappa shape index (κ1) is 17.2. The third-order valence-corrected chi connectivity index (χ3v) is 6.95. The number of nitrogens with one attached hydrogen (secondary N) is 1. The number of thiophene rings is 1. The van der Waals surface area contributed by atoms with Crippen LogP contribution in [0, 0.1) is 11.3 Å². The normalized spacial score (nSPS) is 17.2. The Morgan fingerprint density at radius 3 is 2.68 bits per heavy atom. The third kappa shape index (κ3) is 2.83.